The highest BCUT2D eigenvalue weighted by atomic mass is 16.3. The molecule has 0 radical (unpaired) electrons. The van der Waals surface area contributed by atoms with Crippen molar-refractivity contribution in [3.8, 4) is 0 Å². The fourth-order valence-electron chi connectivity index (χ4n) is 2.76. The average molecular weight is 409 g/mol. The van der Waals surface area contributed by atoms with Crippen molar-refractivity contribution in [3.05, 3.63) is 83.7 Å². The molecule has 1 aromatic carbocycles. The molecule has 30 heavy (non-hydrogen) atoms. The van der Waals surface area contributed by atoms with Gasteiger partial charge in [0.2, 0.25) is 0 Å². The number of guanidine groups is 2. The van der Waals surface area contributed by atoms with Crippen molar-refractivity contribution in [2.24, 2.45) is 9.98 Å². The molecule has 0 atom stereocenters. The van der Waals surface area contributed by atoms with Gasteiger partial charge in [0.1, 0.15) is 11.5 Å². The molecule has 158 valence electrons. The van der Waals surface area contributed by atoms with Crippen LogP contribution >= 0.6 is 0 Å². The zero-order chi connectivity index (χ0) is 21.0. The van der Waals surface area contributed by atoms with Crippen molar-refractivity contribution >= 4 is 11.9 Å². The lowest BCUT2D eigenvalue weighted by Crippen LogP contribution is -2.36. The molecule has 0 amide bonds. The summed E-state index contributed by atoms with van der Waals surface area (Å²) in [6.45, 7) is 2.54. The van der Waals surface area contributed by atoms with E-state index in [1.54, 1.807) is 26.6 Å². The lowest BCUT2D eigenvalue weighted by Gasteiger charge is -2.13. The molecule has 2 heterocycles. The van der Waals surface area contributed by atoms with Crippen LogP contribution in [-0.4, -0.2) is 26.0 Å². The predicted octanol–water partition coefficient (Wildman–Crippen LogP) is 2.60. The first-order valence-corrected chi connectivity index (χ1v) is 9.78. The Bertz CT molecular complexity index is 838. The van der Waals surface area contributed by atoms with Crippen LogP contribution in [0.15, 0.2) is 79.9 Å². The maximum Gasteiger partial charge on any atom is 0.191 e. The highest BCUT2D eigenvalue weighted by molar-refractivity contribution is 5.80. The van der Waals surface area contributed by atoms with E-state index in [-0.39, 0.29) is 0 Å². The summed E-state index contributed by atoms with van der Waals surface area (Å²) in [7, 11) is 3.50. The molecule has 0 aliphatic heterocycles. The minimum Gasteiger partial charge on any atom is -0.467 e. The first-order valence-electron chi connectivity index (χ1n) is 9.78. The number of nitrogens with zero attached hydrogens (tertiary/aromatic N) is 2. The van der Waals surface area contributed by atoms with Crippen LogP contribution in [0, 0.1) is 0 Å². The second kappa shape index (κ2) is 11.4. The third kappa shape index (κ3) is 6.73. The molecule has 8 heteroatoms. The molecule has 0 unspecified atom stereocenters. The van der Waals surface area contributed by atoms with Gasteiger partial charge in [-0.2, -0.15) is 0 Å². The Morgan fingerprint density at radius 1 is 0.633 bits per heavy atom. The van der Waals surface area contributed by atoms with E-state index in [0.717, 1.165) is 23.4 Å². The van der Waals surface area contributed by atoms with E-state index >= 15 is 0 Å². The lowest BCUT2D eigenvalue weighted by atomic mass is 10.1. The van der Waals surface area contributed by atoms with Gasteiger partial charge in [0.05, 0.1) is 25.6 Å². The molecule has 0 aliphatic carbocycles. The maximum atomic E-state index is 5.32. The van der Waals surface area contributed by atoms with E-state index in [4.69, 9.17) is 8.83 Å². The number of aliphatic imine (C=N–C) groups is 2. The van der Waals surface area contributed by atoms with Crippen molar-refractivity contribution < 1.29 is 8.83 Å². The number of nitrogens with one attached hydrogen (secondary N) is 4. The zero-order valence-electron chi connectivity index (χ0n) is 17.3. The van der Waals surface area contributed by atoms with Gasteiger partial charge in [-0.1, -0.05) is 24.3 Å². The van der Waals surface area contributed by atoms with Gasteiger partial charge in [0.15, 0.2) is 11.9 Å². The first-order chi connectivity index (χ1) is 14.8. The summed E-state index contributed by atoms with van der Waals surface area (Å²) in [5.41, 5.74) is 2.33. The quantitative estimate of drug-likeness (QED) is 0.338. The van der Waals surface area contributed by atoms with E-state index < -0.39 is 0 Å². The topological polar surface area (TPSA) is 99.1 Å². The molecular formula is C22H28N6O2. The Morgan fingerprint density at radius 2 is 1.03 bits per heavy atom. The van der Waals surface area contributed by atoms with Gasteiger partial charge in [-0.05, 0) is 35.4 Å². The second-order valence-corrected chi connectivity index (χ2v) is 6.53. The molecule has 0 saturated carbocycles. The Kier molecular flexibility index (Phi) is 7.96. The van der Waals surface area contributed by atoms with E-state index in [1.807, 2.05) is 24.3 Å². The SMILES string of the molecule is CN=C(NCc1ccc(CNC(=NC)NCc2ccco2)cc1)NCc1ccco1. The molecule has 0 bridgehead atoms. The molecule has 3 rings (SSSR count). The normalized spacial score (nSPS) is 11.9. The smallest absolute Gasteiger partial charge is 0.191 e. The van der Waals surface area contributed by atoms with Crippen molar-refractivity contribution in [1.29, 1.82) is 0 Å². The lowest BCUT2D eigenvalue weighted by molar-refractivity contribution is 0.501. The summed E-state index contributed by atoms with van der Waals surface area (Å²) < 4.78 is 10.6. The average Bonchev–Trinajstić information content (AvgIpc) is 3.49. The standard InChI is InChI=1S/C22H28N6O2/c1-23-21(27-15-19-5-3-11-29-19)25-13-17-7-9-18(10-8-17)14-26-22(24-2)28-16-20-6-4-12-30-20/h3-12H,13-16H2,1-2H3,(H2,23,25,27)(H2,24,26,28). The van der Waals surface area contributed by atoms with E-state index in [9.17, 15) is 0 Å². The minimum absolute atomic E-state index is 0.590. The summed E-state index contributed by atoms with van der Waals surface area (Å²) >= 11 is 0. The van der Waals surface area contributed by atoms with Crippen molar-refractivity contribution in [1.82, 2.24) is 21.3 Å². The largest absolute Gasteiger partial charge is 0.467 e. The van der Waals surface area contributed by atoms with Crippen molar-refractivity contribution in [2.45, 2.75) is 26.2 Å². The summed E-state index contributed by atoms with van der Waals surface area (Å²) in [6.07, 6.45) is 3.32. The van der Waals surface area contributed by atoms with Gasteiger partial charge in [0, 0.05) is 27.2 Å². The van der Waals surface area contributed by atoms with Crippen LogP contribution in [0.2, 0.25) is 0 Å². The molecule has 0 saturated heterocycles. The minimum atomic E-state index is 0.590. The van der Waals surface area contributed by atoms with E-state index in [1.165, 1.54) is 11.1 Å². The van der Waals surface area contributed by atoms with Crippen LogP contribution in [0.5, 0.6) is 0 Å². The molecule has 0 fully saturated rings. The van der Waals surface area contributed by atoms with Crippen molar-refractivity contribution in [2.75, 3.05) is 14.1 Å². The van der Waals surface area contributed by atoms with E-state index in [2.05, 4.69) is 55.5 Å². The summed E-state index contributed by atoms with van der Waals surface area (Å²) in [5, 5.41) is 13.0. The predicted molar refractivity (Wildman–Crippen MR) is 118 cm³/mol. The Hall–Kier alpha value is -3.68. The fourth-order valence-corrected chi connectivity index (χ4v) is 2.76. The Morgan fingerprint density at radius 3 is 1.37 bits per heavy atom. The van der Waals surface area contributed by atoms with Crippen LogP contribution in [-0.2, 0) is 26.2 Å². The van der Waals surface area contributed by atoms with Crippen LogP contribution in [0.4, 0.5) is 0 Å². The number of rotatable bonds is 8. The summed E-state index contributed by atoms with van der Waals surface area (Å²) in [4.78, 5) is 8.46. The third-order valence-electron chi connectivity index (χ3n) is 4.41. The number of furan rings is 2. The third-order valence-corrected chi connectivity index (χ3v) is 4.41. The van der Waals surface area contributed by atoms with Crippen molar-refractivity contribution in [3.63, 3.8) is 0 Å². The Balaban J connectivity index is 1.40. The van der Waals surface area contributed by atoms with Gasteiger partial charge in [-0.15, -0.1) is 0 Å². The number of benzene rings is 1. The number of hydrogen-bond acceptors (Lipinski definition) is 4. The van der Waals surface area contributed by atoms with Gasteiger partial charge >= 0.3 is 0 Å². The maximum absolute atomic E-state index is 5.32. The molecule has 2 aromatic heterocycles. The highest BCUT2D eigenvalue weighted by Crippen LogP contribution is 2.05. The second-order valence-electron chi connectivity index (χ2n) is 6.53. The molecule has 4 N–H and O–H groups in total. The van der Waals surface area contributed by atoms with Gasteiger partial charge < -0.3 is 30.1 Å². The molecule has 3 aromatic rings. The van der Waals surface area contributed by atoms with Gasteiger partial charge in [0.25, 0.3) is 0 Å². The van der Waals surface area contributed by atoms with Crippen LogP contribution in [0.3, 0.4) is 0 Å². The van der Waals surface area contributed by atoms with Gasteiger partial charge in [-0.3, -0.25) is 9.98 Å². The molecule has 0 spiro atoms. The first kappa shape index (κ1) is 21.0. The monoisotopic (exact) mass is 408 g/mol. The van der Waals surface area contributed by atoms with Crippen LogP contribution in [0.1, 0.15) is 22.6 Å². The summed E-state index contributed by atoms with van der Waals surface area (Å²) in [5.74, 6) is 3.18. The van der Waals surface area contributed by atoms with Crippen LogP contribution in [0.25, 0.3) is 0 Å². The molecule has 8 nitrogen and oxygen atoms in total. The number of hydrogen-bond donors (Lipinski definition) is 4. The molecule has 0 aliphatic rings. The van der Waals surface area contributed by atoms with Crippen LogP contribution < -0.4 is 21.3 Å². The van der Waals surface area contributed by atoms with E-state index in [0.29, 0.717) is 26.2 Å². The zero-order valence-corrected chi connectivity index (χ0v) is 17.3. The Labute approximate surface area is 176 Å². The fraction of sp³-hybridized carbons (Fsp3) is 0.273. The summed E-state index contributed by atoms with van der Waals surface area (Å²) in [6, 6.07) is 16.0. The van der Waals surface area contributed by atoms with Gasteiger partial charge in [-0.25, -0.2) is 0 Å². The molecular weight excluding hydrogens is 380 g/mol. The highest BCUT2D eigenvalue weighted by Gasteiger charge is 2.03.